The molecule has 0 radical (unpaired) electrons. The Bertz CT molecular complexity index is 519. The lowest BCUT2D eigenvalue weighted by atomic mass is 10.1. The van der Waals surface area contributed by atoms with E-state index in [1.807, 2.05) is 6.92 Å². The summed E-state index contributed by atoms with van der Waals surface area (Å²) in [6, 6.07) is 4.93. The topological polar surface area (TPSA) is 50.4 Å². The fourth-order valence-electron chi connectivity index (χ4n) is 1.83. The van der Waals surface area contributed by atoms with Crippen molar-refractivity contribution in [3.63, 3.8) is 0 Å². The number of hydrogen-bond donors (Lipinski definition) is 2. The maximum atomic E-state index is 12.0. The van der Waals surface area contributed by atoms with Crippen LogP contribution in [0.1, 0.15) is 37.8 Å². The fraction of sp³-hybridized carbons (Fsp3) is 0.500. The Labute approximate surface area is 137 Å². The first-order valence-electron chi connectivity index (χ1n) is 6.77. The van der Waals surface area contributed by atoms with Gasteiger partial charge in [0.2, 0.25) is 0 Å². The number of hydrogen-bond acceptors (Lipinski definition) is 1. The van der Waals surface area contributed by atoms with E-state index in [0.717, 1.165) is 5.56 Å². The molecule has 1 rings (SSSR count). The first kappa shape index (κ1) is 18.9. The standard InChI is InChI=1S/C14H18Cl2F3N3/c1-9(11-5-4-10(15)8-12(11)16)22-13(20)21-7-3-2-6-14(17,18)19/h4-5,8-9H,2-3,6-7H2,1H3,(H3,20,21,22). The Balaban J connectivity index is 2.43. The van der Waals surface area contributed by atoms with Crippen molar-refractivity contribution in [2.75, 3.05) is 6.54 Å². The van der Waals surface area contributed by atoms with Gasteiger partial charge in [0.1, 0.15) is 0 Å². The number of guanidine groups is 1. The second-order valence-electron chi connectivity index (χ2n) is 4.87. The molecule has 0 saturated heterocycles. The van der Waals surface area contributed by atoms with E-state index in [1.54, 1.807) is 18.2 Å². The Morgan fingerprint density at radius 2 is 2.00 bits per heavy atom. The smallest absolute Gasteiger partial charge is 0.370 e. The number of benzene rings is 1. The Hall–Kier alpha value is -1.14. The van der Waals surface area contributed by atoms with E-state index >= 15 is 0 Å². The molecular formula is C14H18Cl2F3N3. The van der Waals surface area contributed by atoms with Crippen molar-refractivity contribution in [3.05, 3.63) is 33.8 Å². The van der Waals surface area contributed by atoms with Gasteiger partial charge in [-0.15, -0.1) is 0 Å². The summed E-state index contributed by atoms with van der Waals surface area (Å²) in [4.78, 5) is 4.00. The van der Waals surface area contributed by atoms with Crippen LogP contribution in [0.3, 0.4) is 0 Å². The summed E-state index contributed by atoms with van der Waals surface area (Å²) in [5.74, 6) is 0.172. The fourth-order valence-corrected chi connectivity index (χ4v) is 2.41. The molecule has 0 heterocycles. The van der Waals surface area contributed by atoms with Gasteiger partial charge in [0.05, 0.1) is 6.04 Å². The Morgan fingerprint density at radius 1 is 1.32 bits per heavy atom. The van der Waals surface area contributed by atoms with Gasteiger partial charge in [0.25, 0.3) is 0 Å². The number of alkyl halides is 3. The summed E-state index contributed by atoms with van der Waals surface area (Å²) in [7, 11) is 0. The maximum absolute atomic E-state index is 12.0. The van der Waals surface area contributed by atoms with E-state index in [9.17, 15) is 13.2 Å². The van der Waals surface area contributed by atoms with E-state index in [2.05, 4.69) is 10.3 Å². The zero-order valence-electron chi connectivity index (χ0n) is 12.1. The van der Waals surface area contributed by atoms with Crippen LogP contribution in [0.4, 0.5) is 13.2 Å². The molecule has 1 unspecified atom stereocenters. The summed E-state index contributed by atoms with van der Waals surface area (Å²) in [5.41, 5.74) is 6.51. The van der Waals surface area contributed by atoms with Crippen molar-refractivity contribution >= 4 is 29.2 Å². The summed E-state index contributed by atoms with van der Waals surface area (Å²) in [6.07, 6.45) is -4.54. The second kappa shape index (κ2) is 8.48. The van der Waals surface area contributed by atoms with E-state index in [0.29, 0.717) is 16.5 Å². The molecule has 0 spiro atoms. The molecule has 0 amide bonds. The van der Waals surface area contributed by atoms with Crippen molar-refractivity contribution in [1.82, 2.24) is 5.32 Å². The summed E-state index contributed by atoms with van der Waals surface area (Å²) in [5, 5.41) is 3.98. The lowest BCUT2D eigenvalue weighted by Gasteiger charge is -2.16. The van der Waals surface area contributed by atoms with Crippen LogP contribution in [0.25, 0.3) is 0 Å². The van der Waals surface area contributed by atoms with Gasteiger partial charge in [-0.25, -0.2) is 0 Å². The first-order chi connectivity index (χ1) is 10.2. The molecular weight excluding hydrogens is 338 g/mol. The molecule has 1 aromatic carbocycles. The van der Waals surface area contributed by atoms with Crippen molar-refractivity contribution in [3.8, 4) is 0 Å². The van der Waals surface area contributed by atoms with Crippen molar-refractivity contribution in [2.24, 2.45) is 10.7 Å². The highest BCUT2D eigenvalue weighted by atomic mass is 35.5. The Kier molecular flexibility index (Phi) is 7.29. The van der Waals surface area contributed by atoms with Crippen LogP contribution in [-0.4, -0.2) is 18.7 Å². The third-order valence-electron chi connectivity index (χ3n) is 2.94. The molecule has 3 N–H and O–H groups in total. The van der Waals surface area contributed by atoms with Gasteiger partial charge in [-0.1, -0.05) is 29.3 Å². The minimum atomic E-state index is -4.12. The van der Waals surface area contributed by atoms with Crippen molar-refractivity contribution in [2.45, 2.75) is 38.4 Å². The quantitative estimate of drug-likeness (QED) is 0.441. The number of aliphatic imine (C=N–C) groups is 1. The zero-order chi connectivity index (χ0) is 16.8. The molecule has 1 aromatic rings. The molecule has 0 aromatic heterocycles. The highest BCUT2D eigenvalue weighted by Gasteiger charge is 2.25. The lowest BCUT2D eigenvalue weighted by molar-refractivity contribution is -0.135. The van der Waals surface area contributed by atoms with Crippen LogP contribution in [0.2, 0.25) is 10.0 Å². The number of nitrogens with two attached hydrogens (primary N) is 1. The van der Waals surface area contributed by atoms with Gasteiger partial charge >= 0.3 is 6.18 Å². The molecule has 0 aliphatic carbocycles. The Morgan fingerprint density at radius 3 is 2.59 bits per heavy atom. The number of halogens is 5. The largest absolute Gasteiger partial charge is 0.389 e. The van der Waals surface area contributed by atoms with Crippen LogP contribution in [0.5, 0.6) is 0 Å². The molecule has 0 bridgehead atoms. The minimum Gasteiger partial charge on any atom is -0.370 e. The van der Waals surface area contributed by atoms with Crippen LogP contribution in [-0.2, 0) is 0 Å². The number of nitrogens with zero attached hydrogens (tertiary/aromatic N) is 1. The molecule has 1 atom stereocenters. The lowest BCUT2D eigenvalue weighted by Crippen LogP contribution is -2.34. The summed E-state index contributed by atoms with van der Waals surface area (Å²) >= 11 is 11.9. The average molecular weight is 356 g/mol. The van der Waals surface area contributed by atoms with Crippen LogP contribution < -0.4 is 11.1 Å². The molecule has 3 nitrogen and oxygen atoms in total. The molecule has 0 aliphatic rings. The van der Waals surface area contributed by atoms with Crippen molar-refractivity contribution in [1.29, 1.82) is 0 Å². The molecule has 124 valence electrons. The molecule has 8 heteroatoms. The highest BCUT2D eigenvalue weighted by Crippen LogP contribution is 2.26. The van der Waals surface area contributed by atoms with Gasteiger partial charge in [-0.05, 0) is 37.5 Å². The number of unbranched alkanes of at least 4 members (excludes halogenated alkanes) is 1. The van der Waals surface area contributed by atoms with E-state index in [-0.39, 0.29) is 25.0 Å². The van der Waals surface area contributed by atoms with Crippen LogP contribution in [0, 0.1) is 0 Å². The molecule has 0 aliphatic heterocycles. The maximum Gasteiger partial charge on any atom is 0.389 e. The number of nitrogens with one attached hydrogen (secondary N) is 1. The highest BCUT2D eigenvalue weighted by molar-refractivity contribution is 6.35. The average Bonchev–Trinajstić information content (AvgIpc) is 2.36. The molecule has 0 fully saturated rings. The predicted octanol–water partition coefficient (Wildman–Crippen LogP) is 4.69. The third-order valence-corrected chi connectivity index (χ3v) is 3.51. The monoisotopic (exact) mass is 355 g/mol. The van der Waals surface area contributed by atoms with E-state index < -0.39 is 12.6 Å². The molecule has 22 heavy (non-hydrogen) atoms. The van der Waals surface area contributed by atoms with Gasteiger partial charge in [0.15, 0.2) is 5.96 Å². The van der Waals surface area contributed by atoms with Gasteiger partial charge in [0, 0.05) is 23.0 Å². The third kappa shape index (κ3) is 7.22. The number of rotatable bonds is 6. The zero-order valence-corrected chi connectivity index (χ0v) is 13.6. The summed E-state index contributed by atoms with van der Waals surface area (Å²) < 4.78 is 35.9. The molecule has 0 saturated carbocycles. The summed E-state index contributed by atoms with van der Waals surface area (Å²) in [6.45, 7) is 2.09. The van der Waals surface area contributed by atoms with Crippen molar-refractivity contribution < 1.29 is 13.2 Å². The van der Waals surface area contributed by atoms with Gasteiger partial charge in [-0.3, -0.25) is 4.99 Å². The normalized spacial score (nSPS) is 14.0. The second-order valence-corrected chi connectivity index (χ2v) is 5.71. The van der Waals surface area contributed by atoms with Gasteiger partial charge < -0.3 is 11.1 Å². The first-order valence-corrected chi connectivity index (χ1v) is 7.53. The van der Waals surface area contributed by atoms with Gasteiger partial charge in [-0.2, -0.15) is 13.2 Å². The minimum absolute atomic E-state index is 0.0405. The SMILES string of the molecule is CC(NC(N)=NCCCCC(F)(F)F)c1ccc(Cl)cc1Cl. The van der Waals surface area contributed by atoms with E-state index in [4.69, 9.17) is 28.9 Å². The van der Waals surface area contributed by atoms with Crippen LogP contribution in [0.15, 0.2) is 23.2 Å². The van der Waals surface area contributed by atoms with Crippen LogP contribution >= 0.6 is 23.2 Å². The van der Waals surface area contributed by atoms with E-state index in [1.165, 1.54) is 0 Å². The predicted molar refractivity (Wildman–Crippen MR) is 84.4 cm³/mol.